The first kappa shape index (κ1) is 19.0. The second-order valence-electron chi connectivity index (χ2n) is 6.59. The molecule has 0 atom stereocenters. The summed E-state index contributed by atoms with van der Waals surface area (Å²) in [5.41, 5.74) is 2.93. The maximum absolute atomic E-state index is 12.8. The first-order valence-corrected chi connectivity index (χ1v) is 10.5. The Balaban J connectivity index is 1.53. The van der Waals surface area contributed by atoms with Crippen molar-refractivity contribution in [3.8, 4) is 10.6 Å². The van der Waals surface area contributed by atoms with Gasteiger partial charge in [-0.05, 0) is 30.8 Å². The molecule has 8 heteroatoms. The fraction of sp³-hybridized carbons (Fsp3) is 0.300. The first-order valence-electron chi connectivity index (χ1n) is 9.20. The number of aromatic nitrogens is 1. The van der Waals surface area contributed by atoms with Gasteiger partial charge in [0.1, 0.15) is 17.0 Å². The predicted molar refractivity (Wildman–Crippen MR) is 114 cm³/mol. The minimum absolute atomic E-state index is 0.248. The Bertz CT molecular complexity index is 949. The fourth-order valence-corrected chi connectivity index (χ4v) is 4.23. The molecule has 6 nitrogen and oxygen atoms in total. The smallest absolute Gasteiger partial charge is 0.275 e. The van der Waals surface area contributed by atoms with Gasteiger partial charge in [-0.15, -0.1) is 11.3 Å². The van der Waals surface area contributed by atoms with Gasteiger partial charge in [0, 0.05) is 42.1 Å². The van der Waals surface area contributed by atoms with Crippen LogP contribution in [0, 0.1) is 0 Å². The van der Waals surface area contributed by atoms with Gasteiger partial charge in [0.2, 0.25) is 0 Å². The third-order valence-electron chi connectivity index (χ3n) is 4.87. The van der Waals surface area contributed by atoms with Crippen molar-refractivity contribution < 1.29 is 9.21 Å². The third kappa shape index (κ3) is 4.06. The van der Waals surface area contributed by atoms with Gasteiger partial charge in [-0.1, -0.05) is 18.5 Å². The number of halogens is 1. The molecule has 1 amide bonds. The molecule has 0 spiro atoms. The van der Waals surface area contributed by atoms with Crippen molar-refractivity contribution in [2.45, 2.75) is 6.92 Å². The Morgan fingerprint density at radius 2 is 2.11 bits per heavy atom. The maximum Gasteiger partial charge on any atom is 0.275 e. The molecule has 0 unspecified atom stereocenters. The molecule has 1 aromatic carbocycles. The number of carbonyl (C=O) groups is 1. The van der Waals surface area contributed by atoms with Crippen LogP contribution in [0.4, 0.5) is 11.4 Å². The van der Waals surface area contributed by atoms with Crippen molar-refractivity contribution in [2.24, 2.45) is 0 Å². The predicted octanol–water partition coefficient (Wildman–Crippen LogP) is 4.45. The highest BCUT2D eigenvalue weighted by Crippen LogP contribution is 2.31. The van der Waals surface area contributed by atoms with Gasteiger partial charge in [0.05, 0.1) is 17.6 Å². The normalized spacial score (nSPS) is 15.0. The minimum atomic E-state index is -0.248. The largest absolute Gasteiger partial charge is 0.472 e. The number of nitrogens with one attached hydrogen (secondary N) is 1. The van der Waals surface area contributed by atoms with Gasteiger partial charge in [-0.3, -0.25) is 4.79 Å². The number of rotatable bonds is 5. The van der Waals surface area contributed by atoms with E-state index in [2.05, 4.69) is 27.0 Å². The summed E-state index contributed by atoms with van der Waals surface area (Å²) < 4.78 is 5.09. The molecule has 0 radical (unpaired) electrons. The zero-order valence-electron chi connectivity index (χ0n) is 15.5. The molecule has 0 aliphatic carbocycles. The zero-order chi connectivity index (χ0) is 19.5. The molecular weight excluding hydrogens is 396 g/mol. The monoisotopic (exact) mass is 416 g/mol. The number of hydrogen-bond acceptors (Lipinski definition) is 6. The zero-order valence-corrected chi connectivity index (χ0v) is 17.1. The van der Waals surface area contributed by atoms with Crippen LogP contribution in [0.5, 0.6) is 0 Å². The summed E-state index contributed by atoms with van der Waals surface area (Å²) in [4.78, 5) is 21.9. The number of amides is 1. The van der Waals surface area contributed by atoms with Gasteiger partial charge in [-0.25, -0.2) is 4.98 Å². The summed E-state index contributed by atoms with van der Waals surface area (Å²) in [5, 5.41) is 6.08. The Hall–Kier alpha value is -2.35. The average Bonchev–Trinajstić information content (AvgIpc) is 3.40. The second kappa shape index (κ2) is 8.34. The van der Waals surface area contributed by atoms with Crippen LogP contribution < -0.4 is 10.2 Å². The van der Waals surface area contributed by atoms with Crippen LogP contribution in [-0.2, 0) is 0 Å². The topological polar surface area (TPSA) is 61.6 Å². The quantitative estimate of drug-likeness (QED) is 0.665. The number of furan rings is 1. The molecule has 1 aliphatic heterocycles. The van der Waals surface area contributed by atoms with E-state index in [0.29, 0.717) is 16.4 Å². The van der Waals surface area contributed by atoms with Crippen LogP contribution in [-0.4, -0.2) is 48.5 Å². The van der Waals surface area contributed by atoms with E-state index in [-0.39, 0.29) is 5.91 Å². The van der Waals surface area contributed by atoms with Gasteiger partial charge in [0.25, 0.3) is 5.91 Å². The first-order chi connectivity index (χ1) is 13.6. The van der Waals surface area contributed by atoms with Crippen molar-refractivity contribution in [1.29, 1.82) is 0 Å². The Morgan fingerprint density at radius 1 is 1.29 bits per heavy atom. The standard InChI is InChI=1S/C20H21ClN4O2S/c1-2-24-6-8-25(9-7-24)18-4-3-15(21)11-16(18)22-19(26)17-13-28-20(23-17)14-5-10-27-12-14/h3-5,10-13H,2,6-9H2,1H3,(H,22,26). The fourth-order valence-electron chi connectivity index (χ4n) is 3.27. The van der Waals surface area contributed by atoms with Crippen molar-refractivity contribution >= 4 is 40.2 Å². The van der Waals surface area contributed by atoms with E-state index >= 15 is 0 Å². The molecule has 1 saturated heterocycles. The molecule has 2 aromatic heterocycles. The van der Waals surface area contributed by atoms with Crippen LogP contribution in [0.2, 0.25) is 5.02 Å². The molecule has 3 heterocycles. The molecule has 1 N–H and O–H groups in total. The summed E-state index contributed by atoms with van der Waals surface area (Å²) in [6.07, 6.45) is 3.21. The summed E-state index contributed by atoms with van der Waals surface area (Å²) in [6, 6.07) is 7.45. The van der Waals surface area contributed by atoms with Crippen molar-refractivity contribution in [3.63, 3.8) is 0 Å². The molecule has 4 rings (SSSR count). The van der Waals surface area contributed by atoms with Gasteiger partial charge in [0.15, 0.2) is 0 Å². The number of piperazine rings is 1. The van der Waals surface area contributed by atoms with Crippen LogP contribution in [0.25, 0.3) is 10.6 Å². The van der Waals surface area contributed by atoms with Crippen molar-refractivity contribution in [3.05, 3.63) is 52.9 Å². The van der Waals surface area contributed by atoms with E-state index in [1.807, 2.05) is 18.2 Å². The highest BCUT2D eigenvalue weighted by atomic mass is 35.5. The van der Waals surface area contributed by atoms with Gasteiger partial charge >= 0.3 is 0 Å². The lowest BCUT2D eigenvalue weighted by molar-refractivity contribution is 0.102. The Labute approximate surface area is 172 Å². The molecule has 0 bridgehead atoms. The molecule has 1 aliphatic rings. The highest BCUT2D eigenvalue weighted by molar-refractivity contribution is 7.13. The van der Waals surface area contributed by atoms with E-state index in [4.69, 9.17) is 16.0 Å². The Morgan fingerprint density at radius 3 is 2.82 bits per heavy atom. The van der Waals surface area contributed by atoms with Crippen LogP contribution in [0.1, 0.15) is 17.4 Å². The lowest BCUT2D eigenvalue weighted by Crippen LogP contribution is -2.46. The number of thiazole rings is 1. The SMILES string of the molecule is CCN1CCN(c2ccc(Cl)cc2NC(=O)c2csc(-c3ccoc3)n2)CC1. The summed E-state index contributed by atoms with van der Waals surface area (Å²) in [7, 11) is 0. The summed E-state index contributed by atoms with van der Waals surface area (Å²) in [5.74, 6) is -0.248. The third-order valence-corrected chi connectivity index (χ3v) is 6.00. The number of anilines is 2. The van der Waals surface area contributed by atoms with E-state index < -0.39 is 0 Å². The van der Waals surface area contributed by atoms with E-state index in [0.717, 1.165) is 49.0 Å². The second-order valence-corrected chi connectivity index (χ2v) is 7.88. The van der Waals surface area contributed by atoms with Crippen molar-refractivity contribution in [1.82, 2.24) is 9.88 Å². The molecular formula is C20H21ClN4O2S. The van der Waals surface area contributed by atoms with Crippen LogP contribution >= 0.6 is 22.9 Å². The lowest BCUT2D eigenvalue weighted by Gasteiger charge is -2.36. The molecule has 28 heavy (non-hydrogen) atoms. The lowest BCUT2D eigenvalue weighted by atomic mass is 10.2. The van der Waals surface area contributed by atoms with Crippen LogP contribution in [0.15, 0.2) is 46.6 Å². The molecule has 3 aromatic rings. The molecule has 146 valence electrons. The minimum Gasteiger partial charge on any atom is -0.472 e. The molecule has 0 saturated carbocycles. The highest BCUT2D eigenvalue weighted by Gasteiger charge is 2.20. The number of hydrogen-bond donors (Lipinski definition) is 1. The van der Waals surface area contributed by atoms with Crippen LogP contribution in [0.3, 0.4) is 0 Å². The summed E-state index contributed by atoms with van der Waals surface area (Å²) >= 11 is 7.61. The number of likely N-dealkylation sites (N-methyl/N-ethyl adjacent to an activating group) is 1. The Kier molecular flexibility index (Phi) is 5.66. The van der Waals surface area contributed by atoms with E-state index in [9.17, 15) is 4.79 Å². The van der Waals surface area contributed by atoms with Crippen molar-refractivity contribution in [2.75, 3.05) is 42.9 Å². The van der Waals surface area contributed by atoms with E-state index in [1.165, 1.54) is 11.3 Å². The number of carbonyl (C=O) groups excluding carboxylic acids is 1. The van der Waals surface area contributed by atoms with Gasteiger partial charge in [-0.2, -0.15) is 0 Å². The summed E-state index contributed by atoms with van der Waals surface area (Å²) in [6.45, 7) is 7.08. The maximum atomic E-state index is 12.8. The number of nitrogens with zero attached hydrogens (tertiary/aromatic N) is 3. The van der Waals surface area contributed by atoms with Gasteiger partial charge < -0.3 is 19.5 Å². The molecule has 1 fully saturated rings. The number of benzene rings is 1. The van der Waals surface area contributed by atoms with E-state index in [1.54, 1.807) is 24.0 Å². The average molecular weight is 417 g/mol.